The molecule has 0 radical (unpaired) electrons. The Morgan fingerprint density at radius 2 is 1.85 bits per heavy atom. The number of carbonyl (C=O) groups excluding carboxylic acids is 1. The van der Waals surface area contributed by atoms with Crippen molar-refractivity contribution < 1.29 is 9.90 Å². The summed E-state index contributed by atoms with van der Waals surface area (Å²) < 4.78 is 0. The Morgan fingerprint density at radius 1 is 1.12 bits per heavy atom. The van der Waals surface area contributed by atoms with Gasteiger partial charge in [0.05, 0.1) is 34.9 Å². The predicted molar refractivity (Wildman–Crippen MR) is 164 cm³/mol. The second-order valence-electron chi connectivity index (χ2n) is 12.4. The number of phenolic OH excluding ortho intramolecular Hbond substituents is 1. The van der Waals surface area contributed by atoms with E-state index < -0.39 is 0 Å². The molecule has 1 saturated carbocycles. The Bertz CT molecular complexity index is 1340. The van der Waals surface area contributed by atoms with E-state index in [1.807, 2.05) is 6.20 Å². The van der Waals surface area contributed by atoms with Crippen molar-refractivity contribution in [3.63, 3.8) is 0 Å². The average Bonchev–Trinajstić information content (AvgIpc) is 3.73. The van der Waals surface area contributed by atoms with Gasteiger partial charge in [-0.1, -0.05) is 37.6 Å². The number of aromatic nitrogens is 3. The molecule has 0 spiro atoms. The van der Waals surface area contributed by atoms with Crippen molar-refractivity contribution in [3.8, 4) is 5.75 Å². The number of aryl methyl sites for hydroxylation is 1. The summed E-state index contributed by atoms with van der Waals surface area (Å²) in [6, 6.07) is 8.78. The monoisotopic (exact) mass is 576 g/mol. The van der Waals surface area contributed by atoms with Gasteiger partial charge in [0.15, 0.2) is 0 Å². The summed E-state index contributed by atoms with van der Waals surface area (Å²) in [5, 5.41) is 17.1. The van der Waals surface area contributed by atoms with Gasteiger partial charge in [0, 0.05) is 31.9 Å². The van der Waals surface area contributed by atoms with E-state index in [2.05, 4.69) is 52.3 Å². The van der Waals surface area contributed by atoms with Crippen LogP contribution in [-0.2, 0) is 6.42 Å². The van der Waals surface area contributed by atoms with Crippen LogP contribution < -0.4 is 15.5 Å². The molecule has 3 heterocycles. The lowest BCUT2D eigenvalue weighted by atomic mass is 9.86. The summed E-state index contributed by atoms with van der Waals surface area (Å²) in [5.74, 6) is 2.98. The van der Waals surface area contributed by atoms with Crippen molar-refractivity contribution in [3.05, 3.63) is 70.8 Å². The van der Waals surface area contributed by atoms with Crippen molar-refractivity contribution >= 4 is 29.1 Å². The molecule has 2 fully saturated rings. The summed E-state index contributed by atoms with van der Waals surface area (Å²) >= 11 is 5.93. The molecule has 1 aromatic carbocycles. The van der Waals surface area contributed by atoms with Gasteiger partial charge in [0.25, 0.3) is 5.91 Å². The Hall–Kier alpha value is -3.39. The minimum Gasteiger partial charge on any atom is -0.507 e. The number of halogens is 1. The Kier molecular flexibility index (Phi) is 8.97. The molecule has 9 heteroatoms. The zero-order valence-corrected chi connectivity index (χ0v) is 25.0. The lowest BCUT2D eigenvalue weighted by Crippen LogP contribution is -2.35. The number of phenols is 1. The van der Waals surface area contributed by atoms with Crippen LogP contribution in [0.25, 0.3) is 0 Å². The molecule has 0 bridgehead atoms. The first-order valence-corrected chi connectivity index (χ1v) is 15.0. The summed E-state index contributed by atoms with van der Waals surface area (Å²) in [4.78, 5) is 28.3. The quantitative estimate of drug-likeness (QED) is 0.261. The molecule has 3 aromatic rings. The van der Waals surface area contributed by atoms with Gasteiger partial charge < -0.3 is 20.6 Å². The first-order chi connectivity index (χ1) is 19.7. The highest BCUT2D eigenvalue weighted by Crippen LogP contribution is 2.49. The van der Waals surface area contributed by atoms with Crippen LogP contribution in [0, 0.1) is 30.1 Å². The fourth-order valence-corrected chi connectivity index (χ4v) is 6.16. The summed E-state index contributed by atoms with van der Waals surface area (Å²) in [7, 11) is 0. The Balaban J connectivity index is 1.02. The van der Waals surface area contributed by atoms with Crippen LogP contribution in [0.3, 0.4) is 0 Å². The normalized spacial score (nSPS) is 19.2. The van der Waals surface area contributed by atoms with Gasteiger partial charge in [-0.3, -0.25) is 9.78 Å². The third-order valence-corrected chi connectivity index (χ3v) is 8.76. The molecule has 1 amide bonds. The number of nitrogens with one attached hydrogen (secondary N) is 2. The van der Waals surface area contributed by atoms with Gasteiger partial charge in [-0.2, -0.15) is 0 Å². The molecular weight excluding hydrogens is 536 g/mol. The van der Waals surface area contributed by atoms with E-state index in [4.69, 9.17) is 16.6 Å². The van der Waals surface area contributed by atoms with Crippen LogP contribution in [-0.4, -0.2) is 52.1 Å². The molecule has 2 atom stereocenters. The molecule has 2 aliphatic rings. The minimum absolute atomic E-state index is 0.00767. The molecule has 1 saturated heterocycles. The zero-order valence-electron chi connectivity index (χ0n) is 24.2. The Morgan fingerprint density at radius 3 is 2.56 bits per heavy atom. The number of hydrogen-bond acceptors (Lipinski definition) is 7. The molecule has 8 nitrogen and oxygen atoms in total. The first kappa shape index (κ1) is 29.1. The second kappa shape index (κ2) is 12.6. The van der Waals surface area contributed by atoms with Gasteiger partial charge in [-0.05, 0) is 86.0 Å². The maximum atomic E-state index is 12.5. The van der Waals surface area contributed by atoms with E-state index in [1.165, 1.54) is 31.7 Å². The SMILES string of the molecule is Cc1cc(NCC[C@@H]2C[C@@H]2C2CCN(c3ncc(Cl)cn3)CC2)cnc1CC(C)(C)CNC(=O)c1ccccc1O. The van der Waals surface area contributed by atoms with E-state index in [0.29, 0.717) is 17.1 Å². The fourth-order valence-electron chi connectivity index (χ4n) is 6.06. The van der Waals surface area contributed by atoms with E-state index in [-0.39, 0.29) is 17.1 Å². The maximum absolute atomic E-state index is 12.5. The summed E-state index contributed by atoms with van der Waals surface area (Å²) in [6.45, 7) is 9.82. The van der Waals surface area contributed by atoms with Crippen LogP contribution in [0.4, 0.5) is 11.6 Å². The number of piperidine rings is 1. The molecule has 218 valence electrons. The number of hydrogen-bond donors (Lipinski definition) is 3. The van der Waals surface area contributed by atoms with Gasteiger partial charge in [-0.15, -0.1) is 0 Å². The zero-order chi connectivity index (χ0) is 29.0. The number of anilines is 2. The molecule has 1 aliphatic heterocycles. The average molecular weight is 577 g/mol. The van der Waals surface area contributed by atoms with E-state index in [1.54, 1.807) is 30.6 Å². The molecule has 1 aliphatic carbocycles. The highest BCUT2D eigenvalue weighted by atomic mass is 35.5. The van der Waals surface area contributed by atoms with E-state index in [0.717, 1.165) is 66.7 Å². The van der Waals surface area contributed by atoms with E-state index >= 15 is 0 Å². The number of rotatable bonds is 11. The molecule has 5 rings (SSSR count). The first-order valence-electron chi connectivity index (χ1n) is 14.7. The van der Waals surface area contributed by atoms with Crippen molar-refractivity contribution in [2.24, 2.45) is 23.2 Å². The number of carbonyl (C=O) groups is 1. The summed E-state index contributed by atoms with van der Waals surface area (Å²) in [6.07, 6.45) is 11.0. The number of nitrogens with zero attached hydrogens (tertiary/aromatic N) is 4. The van der Waals surface area contributed by atoms with Crippen LogP contribution in [0.15, 0.2) is 48.9 Å². The van der Waals surface area contributed by atoms with Crippen molar-refractivity contribution in [2.45, 2.75) is 52.9 Å². The number of para-hydroxylation sites is 1. The van der Waals surface area contributed by atoms with Gasteiger partial charge in [-0.25, -0.2) is 9.97 Å². The summed E-state index contributed by atoms with van der Waals surface area (Å²) in [5.41, 5.74) is 3.35. The molecular formula is C32H41ClN6O2. The van der Waals surface area contributed by atoms with Gasteiger partial charge in [0.2, 0.25) is 5.95 Å². The van der Waals surface area contributed by atoms with E-state index in [9.17, 15) is 9.90 Å². The lowest BCUT2D eigenvalue weighted by molar-refractivity contribution is 0.0933. The highest BCUT2D eigenvalue weighted by Gasteiger charge is 2.43. The topological polar surface area (TPSA) is 103 Å². The van der Waals surface area contributed by atoms with Crippen LogP contribution >= 0.6 is 11.6 Å². The highest BCUT2D eigenvalue weighted by molar-refractivity contribution is 6.30. The fraction of sp³-hybridized carbons (Fsp3) is 0.500. The standard InChI is InChI=1S/C32H41ClN6O2/c1-21-14-25(19-35-28(21)16-32(2,3)20-38-30(41)26-6-4-5-7-29(26)40)34-11-8-23-15-27(23)22-9-12-39(13-10-22)31-36-17-24(33)18-37-31/h4-7,14,17-19,22-23,27,34,40H,8-13,15-16,20H2,1-3H3,(H,38,41)/t23-,27-/m1/s1. The third-order valence-electron chi connectivity index (χ3n) is 8.57. The van der Waals surface area contributed by atoms with Crippen molar-refractivity contribution in [2.75, 3.05) is 36.4 Å². The Labute approximate surface area is 248 Å². The number of amides is 1. The lowest BCUT2D eigenvalue weighted by Gasteiger charge is -2.32. The molecule has 3 N–H and O–H groups in total. The molecule has 41 heavy (non-hydrogen) atoms. The second-order valence-corrected chi connectivity index (χ2v) is 12.9. The van der Waals surface area contributed by atoms with Crippen molar-refractivity contribution in [1.82, 2.24) is 20.3 Å². The van der Waals surface area contributed by atoms with Crippen LogP contribution in [0.2, 0.25) is 5.02 Å². The predicted octanol–water partition coefficient (Wildman–Crippen LogP) is 5.89. The van der Waals surface area contributed by atoms with Crippen LogP contribution in [0.5, 0.6) is 5.75 Å². The largest absolute Gasteiger partial charge is 0.507 e. The number of benzene rings is 1. The smallest absolute Gasteiger partial charge is 0.255 e. The van der Waals surface area contributed by atoms with Gasteiger partial charge in [0.1, 0.15) is 5.75 Å². The van der Waals surface area contributed by atoms with Crippen LogP contribution in [0.1, 0.15) is 61.1 Å². The molecule has 2 aromatic heterocycles. The van der Waals surface area contributed by atoms with Crippen molar-refractivity contribution in [1.29, 1.82) is 0 Å². The third kappa shape index (κ3) is 7.67. The molecule has 0 unspecified atom stereocenters. The maximum Gasteiger partial charge on any atom is 0.255 e. The minimum atomic E-state index is -0.267. The van der Waals surface area contributed by atoms with Gasteiger partial charge >= 0.3 is 0 Å². The number of aromatic hydroxyl groups is 1. The number of pyridine rings is 1.